The average Bonchev–Trinajstić information content (AvgIpc) is 2.77. The molecular formula is C25H32Cl2N2O2S. The molecule has 1 N–H and O–H groups in total. The van der Waals surface area contributed by atoms with Gasteiger partial charge >= 0.3 is 0 Å². The lowest BCUT2D eigenvalue weighted by Crippen LogP contribution is -2.49. The summed E-state index contributed by atoms with van der Waals surface area (Å²) in [5, 5.41) is 3.88. The normalized spacial score (nSPS) is 11.8. The van der Waals surface area contributed by atoms with Crippen molar-refractivity contribution in [1.82, 2.24) is 10.2 Å². The molecule has 0 aromatic heterocycles. The quantitative estimate of drug-likeness (QED) is 0.354. The van der Waals surface area contributed by atoms with Crippen molar-refractivity contribution >= 4 is 46.8 Å². The molecule has 0 radical (unpaired) electrons. The van der Waals surface area contributed by atoms with Crippen LogP contribution in [0.4, 0.5) is 0 Å². The molecule has 0 bridgehead atoms. The third-order valence-electron chi connectivity index (χ3n) is 5.17. The first-order chi connectivity index (χ1) is 15.3. The smallest absolute Gasteiger partial charge is 0.242 e. The zero-order valence-corrected chi connectivity index (χ0v) is 21.3. The van der Waals surface area contributed by atoms with Crippen molar-refractivity contribution in [2.75, 3.05) is 12.3 Å². The molecule has 0 aliphatic rings. The third kappa shape index (κ3) is 8.34. The molecule has 4 nitrogen and oxygen atoms in total. The lowest BCUT2D eigenvalue weighted by atomic mass is 10.1. The molecule has 0 aliphatic heterocycles. The number of rotatable bonds is 12. The molecule has 1 atom stereocenters. The molecule has 0 heterocycles. The molecule has 174 valence electrons. The zero-order valence-electron chi connectivity index (χ0n) is 19.0. The number of nitrogens with zero attached hydrogens (tertiary/aromatic N) is 1. The van der Waals surface area contributed by atoms with Gasteiger partial charge in [0.05, 0.1) is 15.8 Å². The van der Waals surface area contributed by atoms with E-state index in [4.69, 9.17) is 23.2 Å². The Bertz CT molecular complexity index is 890. The van der Waals surface area contributed by atoms with Crippen LogP contribution in [0.15, 0.2) is 42.5 Å². The van der Waals surface area contributed by atoms with E-state index in [-0.39, 0.29) is 11.8 Å². The van der Waals surface area contributed by atoms with Crippen LogP contribution in [0.5, 0.6) is 0 Å². The number of carbonyl (C=O) groups is 2. The predicted molar refractivity (Wildman–Crippen MR) is 136 cm³/mol. The highest BCUT2D eigenvalue weighted by Gasteiger charge is 2.28. The van der Waals surface area contributed by atoms with Crippen LogP contribution in [0.25, 0.3) is 0 Å². The van der Waals surface area contributed by atoms with E-state index < -0.39 is 6.04 Å². The van der Waals surface area contributed by atoms with Crippen molar-refractivity contribution in [2.45, 2.75) is 58.4 Å². The summed E-state index contributed by atoms with van der Waals surface area (Å²) in [4.78, 5) is 27.8. The van der Waals surface area contributed by atoms with Gasteiger partial charge in [0.15, 0.2) is 0 Å². The summed E-state index contributed by atoms with van der Waals surface area (Å²) in [7, 11) is 0. The number of hydrogen-bond acceptors (Lipinski definition) is 3. The van der Waals surface area contributed by atoms with Gasteiger partial charge < -0.3 is 10.2 Å². The third-order valence-corrected chi connectivity index (χ3v) is 6.89. The molecule has 2 amide bonds. The minimum Gasteiger partial charge on any atom is -0.354 e. The van der Waals surface area contributed by atoms with Crippen LogP contribution in [0, 0.1) is 6.92 Å². The van der Waals surface area contributed by atoms with Crippen molar-refractivity contribution in [3.63, 3.8) is 0 Å². The van der Waals surface area contributed by atoms with E-state index in [1.165, 1.54) is 11.1 Å². The lowest BCUT2D eigenvalue weighted by molar-refractivity contribution is -0.139. The highest BCUT2D eigenvalue weighted by molar-refractivity contribution is 7.99. The van der Waals surface area contributed by atoms with Gasteiger partial charge in [0.1, 0.15) is 6.04 Å². The Hall–Kier alpha value is -1.69. The summed E-state index contributed by atoms with van der Waals surface area (Å²) < 4.78 is 0. The fourth-order valence-corrected chi connectivity index (χ4v) is 4.48. The molecule has 0 aliphatic carbocycles. The number of aryl methyl sites for hydroxylation is 1. The molecule has 2 rings (SSSR count). The number of benzene rings is 2. The van der Waals surface area contributed by atoms with E-state index in [1.54, 1.807) is 28.8 Å². The van der Waals surface area contributed by atoms with E-state index in [0.717, 1.165) is 24.2 Å². The average molecular weight is 496 g/mol. The monoisotopic (exact) mass is 494 g/mol. The second-order valence-electron chi connectivity index (χ2n) is 7.82. The number of halogens is 2. The second-order valence-corrected chi connectivity index (χ2v) is 9.62. The summed E-state index contributed by atoms with van der Waals surface area (Å²) >= 11 is 13.8. The van der Waals surface area contributed by atoms with Crippen LogP contribution in [0.2, 0.25) is 10.0 Å². The Kier molecular flexibility index (Phi) is 11.4. The number of carbonyl (C=O) groups excluding carboxylic acids is 2. The molecular weight excluding hydrogens is 463 g/mol. The molecule has 0 saturated carbocycles. The molecule has 0 spiro atoms. The molecule has 0 fully saturated rings. The highest BCUT2D eigenvalue weighted by atomic mass is 35.5. The van der Waals surface area contributed by atoms with Crippen molar-refractivity contribution < 1.29 is 9.59 Å². The van der Waals surface area contributed by atoms with Crippen LogP contribution in [-0.2, 0) is 21.9 Å². The van der Waals surface area contributed by atoms with Gasteiger partial charge in [-0.15, -0.1) is 11.8 Å². The van der Waals surface area contributed by atoms with Gasteiger partial charge in [-0.05, 0) is 43.0 Å². The van der Waals surface area contributed by atoms with E-state index in [0.29, 0.717) is 35.3 Å². The van der Waals surface area contributed by atoms with Crippen LogP contribution < -0.4 is 5.32 Å². The number of thioether (sulfide) groups is 1. The van der Waals surface area contributed by atoms with Crippen LogP contribution >= 0.6 is 35.0 Å². The number of amides is 2. The van der Waals surface area contributed by atoms with Gasteiger partial charge in [0.2, 0.25) is 11.8 Å². The SMILES string of the molecule is CCCCNC(=O)[C@H](CC)N(Cc1ccc(Cl)c(Cl)c1)C(=O)CSCc1ccc(C)cc1. The Morgan fingerprint density at radius 1 is 1.03 bits per heavy atom. The molecule has 2 aromatic rings. The van der Waals surface area contributed by atoms with Crippen LogP contribution in [-0.4, -0.2) is 35.1 Å². The Morgan fingerprint density at radius 3 is 2.34 bits per heavy atom. The van der Waals surface area contributed by atoms with Crippen molar-refractivity contribution in [2.24, 2.45) is 0 Å². The van der Waals surface area contributed by atoms with E-state index in [2.05, 4.69) is 43.4 Å². The highest BCUT2D eigenvalue weighted by Crippen LogP contribution is 2.24. The maximum absolute atomic E-state index is 13.2. The first-order valence-electron chi connectivity index (χ1n) is 11.0. The summed E-state index contributed by atoms with van der Waals surface area (Å²) in [6.45, 7) is 6.98. The second kappa shape index (κ2) is 13.8. The standard InChI is InChI=1S/C25H32Cl2N2O2S/c1-4-6-13-28-25(31)23(5-2)29(15-20-11-12-21(26)22(27)14-20)24(30)17-32-16-19-9-7-18(3)8-10-19/h7-12,14,23H,4-6,13,15-17H2,1-3H3,(H,28,31)/t23-/m0/s1. The van der Waals surface area contributed by atoms with Crippen molar-refractivity contribution in [1.29, 1.82) is 0 Å². The number of nitrogens with one attached hydrogen (secondary N) is 1. The first-order valence-corrected chi connectivity index (χ1v) is 12.9. The predicted octanol–water partition coefficient (Wildman–Crippen LogP) is 6.26. The van der Waals surface area contributed by atoms with Gasteiger partial charge in [0.25, 0.3) is 0 Å². The van der Waals surface area contributed by atoms with Crippen LogP contribution in [0.1, 0.15) is 49.8 Å². The largest absolute Gasteiger partial charge is 0.354 e. The van der Waals surface area contributed by atoms with Gasteiger partial charge in [-0.1, -0.05) is 79.4 Å². The molecule has 2 aromatic carbocycles. The maximum Gasteiger partial charge on any atom is 0.242 e. The number of unbranched alkanes of at least 4 members (excludes halogenated alkanes) is 1. The molecule has 0 unspecified atom stereocenters. The van der Waals surface area contributed by atoms with Crippen LogP contribution in [0.3, 0.4) is 0 Å². The zero-order chi connectivity index (χ0) is 23.5. The fourth-order valence-electron chi connectivity index (χ4n) is 3.28. The fraction of sp³-hybridized carbons (Fsp3) is 0.440. The van der Waals surface area contributed by atoms with Gasteiger partial charge in [-0.2, -0.15) is 0 Å². The van der Waals surface area contributed by atoms with Gasteiger partial charge in [0, 0.05) is 18.8 Å². The minimum absolute atomic E-state index is 0.0642. The summed E-state index contributed by atoms with van der Waals surface area (Å²) in [5.41, 5.74) is 3.23. The molecule has 7 heteroatoms. The maximum atomic E-state index is 13.2. The number of hydrogen-bond donors (Lipinski definition) is 1. The first kappa shape index (κ1) is 26.6. The summed E-state index contributed by atoms with van der Waals surface area (Å²) in [6, 6.07) is 13.1. The Balaban J connectivity index is 2.12. The molecule has 0 saturated heterocycles. The Morgan fingerprint density at radius 2 is 1.72 bits per heavy atom. The Labute approximate surface area is 206 Å². The van der Waals surface area contributed by atoms with E-state index in [9.17, 15) is 9.59 Å². The van der Waals surface area contributed by atoms with Crippen molar-refractivity contribution in [3.8, 4) is 0 Å². The molecule has 32 heavy (non-hydrogen) atoms. The van der Waals surface area contributed by atoms with Gasteiger partial charge in [-0.25, -0.2) is 0 Å². The van der Waals surface area contributed by atoms with E-state index >= 15 is 0 Å². The lowest BCUT2D eigenvalue weighted by Gasteiger charge is -2.30. The van der Waals surface area contributed by atoms with E-state index in [1.807, 2.05) is 13.0 Å². The topological polar surface area (TPSA) is 49.4 Å². The summed E-state index contributed by atoms with van der Waals surface area (Å²) in [6.07, 6.45) is 2.45. The minimum atomic E-state index is -0.534. The van der Waals surface area contributed by atoms with Gasteiger partial charge in [-0.3, -0.25) is 9.59 Å². The summed E-state index contributed by atoms with van der Waals surface area (Å²) in [5.74, 6) is 0.864. The van der Waals surface area contributed by atoms with Crippen molar-refractivity contribution in [3.05, 3.63) is 69.2 Å².